The third-order valence-electron chi connectivity index (χ3n) is 1.33. The Morgan fingerprint density at radius 1 is 1.86 bits per heavy atom. The van der Waals surface area contributed by atoms with Crippen LogP contribution in [0.1, 0.15) is 12.8 Å². The van der Waals surface area contributed by atoms with Crippen LogP contribution in [0.3, 0.4) is 0 Å². The van der Waals surface area contributed by atoms with Crippen molar-refractivity contribution in [1.82, 2.24) is 0 Å². The molecule has 40 valence electrons. The zero-order valence-electron chi connectivity index (χ0n) is 3.76. The molecule has 2 atom stereocenters. The molecule has 0 aliphatic carbocycles. The van der Waals surface area contributed by atoms with Crippen LogP contribution >= 0.6 is 11.8 Å². The lowest BCUT2D eigenvalue weighted by Crippen LogP contribution is -2.34. The van der Waals surface area contributed by atoms with Gasteiger partial charge in [0.15, 0.2) is 0 Å². The van der Waals surface area contributed by atoms with Crippen LogP contribution in [0.5, 0.6) is 0 Å². The minimum Gasteiger partial charge on any atom is -0.357 e. The first-order valence-corrected chi connectivity index (χ1v) is 3.24. The number of fused-ring (bicyclic) bond motifs is 1. The van der Waals surface area contributed by atoms with Crippen molar-refractivity contribution in [2.45, 2.75) is 23.4 Å². The number of rotatable bonds is 0. The van der Waals surface area contributed by atoms with Crippen LogP contribution in [0.15, 0.2) is 0 Å². The highest BCUT2D eigenvalue weighted by atomic mass is 32.2. The molecule has 0 amide bonds. The lowest BCUT2D eigenvalue weighted by molar-refractivity contribution is -0.130. The molecule has 3 aliphatic heterocycles. The van der Waals surface area contributed by atoms with Crippen molar-refractivity contribution in [3.05, 3.63) is 0 Å². The molecule has 2 unspecified atom stereocenters. The summed E-state index contributed by atoms with van der Waals surface area (Å²) in [5.41, 5.74) is 0.324. The normalized spacial score (nSPS) is 57.0. The SMILES string of the molecule is OC12CCC(O1)S2. The molecular formula is C4H6O2S. The molecule has 0 aromatic heterocycles. The Morgan fingerprint density at radius 3 is 2.71 bits per heavy atom. The molecule has 7 heavy (non-hydrogen) atoms. The van der Waals surface area contributed by atoms with Crippen LogP contribution in [0.4, 0.5) is 0 Å². The fraction of sp³-hybridized carbons (Fsp3) is 1.00. The van der Waals surface area contributed by atoms with Crippen molar-refractivity contribution in [2.24, 2.45) is 0 Å². The van der Waals surface area contributed by atoms with Crippen LogP contribution in [0.2, 0.25) is 0 Å². The molecule has 3 aliphatic rings. The zero-order valence-corrected chi connectivity index (χ0v) is 4.57. The van der Waals surface area contributed by atoms with Crippen molar-refractivity contribution in [2.75, 3.05) is 0 Å². The molecule has 0 saturated carbocycles. The van der Waals surface area contributed by atoms with Gasteiger partial charge in [-0.15, -0.1) is 0 Å². The summed E-state index contributed by atoms with van der Waals surface area (Å²) in [7, 11) is 0. The van der Waals surface area contributed by atoms with Gasteiger partial charge >= 0.3 is 0 Å². The van der Waals surface area contributed by atoms with E-state index in [-0.39, 0.29) is 0 Å². The van der Waals surface area contributed by atoms with E-state index < -0.39 is 5.12 Å². The second-order valence-electron chi connectivity index (χ2n) is 1.92. The van der Waals surface area contributed by atoms with Crippen molar-refractivity contribution < 1.29 is 9.84 Å². The van der Waals surface area contributed by atoms with Gasteiger partial charge in [-0.1, -0.05) is 11.8 Å². The van der Waals surface area contributed by atoms with Crippen molar-refractivity contribution in [1.29, 1.82) is 0 Å². The van der Waals surface area contributed by atoms with E-state index in [0.717, 1.165) is 12.8 Å². The fourth-order valence-electron chi connectivity index (χ4n) is 0.956. The van der Waals surface area contributed by atoms with E-state index in [0.29, 0.717) is 5.44 Å². The van der Waals surface area contributed by atoms with Crippen LogP contribution in [0.25, 0.3) is 0 Å². The fourth-order valence-corrected chi connectivity index (χ4v) is 2.07. The average molecular weight is 118 g/mol. The van der Waals surface area contributed by atoms with Gasteiger partial charge in [0.05, 0.1) is 0 Å². The van der Waals surface area contributed by atoms with Gasteiger partial charge < -0.3 is 9.84 Å². The monoisotopic (exact) mass is 118 g/mol. The van der Waals surface area contributed by atoms with Crippen molar-refractivity contribution in [3.8, 4) is 0 Å². The van der Waals surface area contributed by atoms with Gasteiger partial charge in [0.2, 0.25) is 5.12 Å². The molecule has 0 aromatic carbocycles. The van der Waals surface area contributed by atoms with E-state index in [1.807, 2.05) is 0 Å². The zero-order chi connectivity index (χ0) is 4.91. The molecule has 0 spiro atoms. The highest BCUT2D eigenvalue weighted by Crippen LogP contribution is 2.54. The predicted octanol–water partition coefficient (Wildman–Crippen LogP) is 0.516. The largest absolute Gasteiger partial charge is 0.357 e. The summed E-state index contributed by atoms with van der Waals surface area (Å²) < 4.78 is 4.96. The molecule has 3 rings (SSSR count). The Labute approximate surface area is 45.9 Å². The molecule has 1 N–H and O–H groups in total. The maximum absolute atomic E-state index is 9.00. The lowest BCUT2D eigenvalue weighted by Gasteiger charge is -2.31. The Bertz CT molecular complexity index is 92.4. The first-order chi connectivity index (χ1) is 3.29. The summed E-state index contributed by atoms with van der Waals surface area (Å²) in [4.78, 5) is 0. The molecule has 3 heteroatoms. The summed E-state index contributed by atoms with van der Waals surface area (Å²) in [6.45, 7) is 0. The number of ether oxygens (including phenoxy) is 1. The highest BCUT2D eigenvalue weighted by molar-refractivity contribution is 8.02. The topological polar surface area (TPSA) is 29.5 Å². The number of hydrogen-bond donors (Lipinski definition) is 1. The maximum Gasteiger partial charge on any atom is 0.219 e. The summed E-state index contributed by atoms with van der Waals surface area (Å²) >= 11 is 1.53. The van der Waals surface area contributed by atoms with Crippen LogP contribution in [-0.4, -0.2) is 15.7 Å². The molecule has 3 saturated heterocycles. The molecule has 3 fully saturated rings. The van der Waals surface area contributed by atoms with Crippen molar-refractivity contribution >= 4 is 11.8 Å². The second-order valence-corrected chi connectivity index (χ2v) is 3.32. The third kappa shape index (κ3) is 0.432. The first-order valence-electron chi connectivity index (χ1n) is 2.37. The summed E-state index contributed by atoms with van der Waals surface area (Å²) in [5, 5.41) is 8.26. The quantitative estimate of drug-likeness (QED) is 0.502. The van der Waals surface area contributed by atoms with Gasteiger partial charge in [0.1, 0.15) is 5.44 Å². The smallest absolute Gasteiger partial charge is 0.219 e. The summed E-state index contributed by atoms with van der Waals surface area (Å²) in [5.74, 6) is 0. The van der Waals surface area contributed by atoms with E-state index >= 15 is 0 Å². The Morgan fingerprint density at radius 2 is 2.57 bits per heavy atom. The molecular weight excluding hydrogens is 112 g/mol. The maximum atomic E-state index is 9.00. The lowest BCUT2D eigenvalue weighted by atomic mass is 10.4. The van der Waals surface area contributed by atoms with E-state index in [1.54, 1.807) is 0 Å². The van der Waals surface area contributed by atoms with E-state index in [2.05, 4.69) is 0 Å². The van der Waals surface area contributed by atoms with Crippen LogP contribution < -0.4 is 0 Å². The molecule has 2 nitrogen and oxygen atoms in total. The third-order valence-corrected chi connectivity index (χ3v) is 2.59. The predicted molar refractivity (Wildman–Crippen MR) is 26.6 cm³/mol. The first kappa shape index (κ1) is 4.18. The van der Waals surface area contributed by atoms with E-state index in [4.69, 9.17) is 9.84 Å². The second kappa shape index (κ2) is 0.989. The van der Waals surface area contributed by atoms with Gasteiger partial charge in [-0.2, -0.15) is 0 Å². The molecule has 2 bridgehead atoms. The minimum atomic E-state index is -0.745. The Balaban J connectivity index is 2.20. The van der Waals surface area contributed by atoms with Gasteiger partial charge in [-0.3, -0.25) is 0 Å². The minimum absolute atomic E-state index is 0.324. The standard InChI is InChI=1S/C4H6O2S/c5-4-2-1-3(6-4)7-4/h3,5H,1-2H2. The van der Waals surface area contributed by atoms with E-state index in [1.165, 1.54) is 11.8 Å². The van der Waals surface area contributed by atoms with Gasteiger partial charge in [-0.05, 0) is 6.42 Å². The molecule has 0 aromatic rings. The average Bonchev–Trinajstić information content (AvgIpc) is 1.88. The van der Waals surface area contributed by atoms with Gasteiger partial charge in [0.25, 0.3) is 0 Å². The number of aliphatic hydroxyl groups is 1. The number of hydrogen-bond acceptors (Lipinski definition) is 3. The van der Waals surface area contributed by atoms with Crippen molar-refractivity contribution in [3.63, 3.8) is 0 Å². The van der Waals surface area contributed by atoms with Crippen LogP contribution in [-0.2, 0) is 4.74 Å². The van der Waals surface area contributed by atoms with Gasteiger partial charge in [-0.25, -0.2) is 0 Å². The Kier molecular flexibility index (Phi) is 0.590. The summed E-state index contributed by atoms with van der Waals surface area (Å²) in [6.07, 6.45) is 1.85. The number of thioether (sulfide) groups is 1. The molecule has 0 radical (unpaired) electrons. The van der Waals surface area contributed by atoms with E-state index in [9.17, 15) is 0 Å². The van der Waals surface area contributed by atoms with Gasteiger partial charge in [0, 0.05) is 6.42 Å². The highest BCUT2D eigenvalue weighted by Gasteiger charge is 2.51. The summed E-state index contributed by atoms with van der Waals surface area (Å²) in [6, 6.07) is 0. The Hall–Kier alpha value is 0.270. The van der Waals surface area contributed by atoms with Crippen LogP contribution in [0, 0.1) is 0 Å². The molecule has 3 heterocycles.